The van der Waals surface area contributed by atoms with E-state index in [0.29, 0.717) is 36.1 Å². The van der Waals surface area contributed by atoms with Gasteiger partial charge in [-0.25, -0.2) is 14.0 Å². The molecule has 3 atom stereocenters. The summed E-state index contributed by atoms with van der Waals surface area (Å²) in [5.74, 6) is -4.84. The van der Waals surface area contributed by atoms with Crippen LogP contribution in [0.25, 0.3) is 0 Å². The Labute approximate surface area is 251 Å². The third-order valence-electron chi connectivity index (χ3n) is 6.24. The molecule has 0 bridgehead atoms. The Morgan fingerprint density at radius 1 is 0.886 bits per heavy atom. The van der Waals surface area contributed by atoms with Gasteiger partial charge in [0.1, 0.15) is 6.61 Å². The number of hydrogen-bond donors (Lipinski definition) is 3. The van der Waals surface area contributed by atoms with Gasteiger partial charge in [0, 0.05) is 0 Å². The van der Waals surface area contributed by atoms with Gasteiger partial charge in [0.15, 0.2) is 23.7 Å². The summed E-state index contributed by atoms with van der Waals surface area (Å²) < 4.78 is 66.7. The van der Waals surface area contributed by atoms with Gasteiger partial charge in [0.25, 0.3) is 5.91 Å². The fraction of sp³-hybridized carbons (Fsp3) is 0.323. The molecule has 44 heavy (non-hydrogen) atoms. The van der Waals surface area contributed by atoms with Crippen molar-refractivity contribution in [1.29, 1.82) is 0 Å². The van der Waals surface area contributed by atoms with E-state index in [1.807, 2.05) is 6.92 Å². The van der Waals surface area contributed by atoms with Crippen molar-refractivity contribution >= 4 is 18.0 Å². The number of aliphatic hydroxyl groups is 1. The average molecular weight is 621 g/mol. The number of rotatable bonds is 14. The third kappa shape index (κ3) is 10.9. The van der Waals surface area contributed by atoms with E-state index in [1.54, 1.807) is 60.7 Å². The van der Waals surface area contributed by atoms with E-state index in [4.69, 9.17) is 9.47 Å². The predicted octanol–water partition coefficient (Wildman–Crippen LogP) is 5.12. The maximum atomic E-state index is 14.1. The highest BCUT2D eigenvalue weighted by Crippen LogP contribution is 2.29. The summed E-state index contributed by atoms with van der Waals surface area (Å²) in [4.78, 5) is 38.9. The minimum Gasteiger partial charge on any atom is -0.464 e. The number of aliphatic hydroxyl groups excluding tert-OH is 1. The first-order chi connectivity index (χ1) is 21.0. The molecular formula is C31H32F4N2O7. The predicted molar refractivity (Wildman–Crippen MR) is 150 cm³/mol. The van der Waals surface area contributed by atoms with Crippen LogP contribution in [0.3, 0.4) is 0 Å². The number of halogens is 4. The fourth-order valence-corrected chi connectivity index (χ4v) is 4.02. The highest BCUT2D eigenvalue weighted by molar-refractivity contribution is 5.88. The lowest BCUT2D eigenvalue weighted by Crippen LogP contribution is -2.53. The molecule has 3 N–H and O–H groups in total. The number of unbranched alkanes of at least 4 members (excludes halogenated alkanes) is 1. The Bertz CT molecular complexity index is 1370. The number of carbonyl (C=O) groups excluding carboxylic acids is 3. The van der Waals surface area contributed by atoms with Crippen LogP contribution < -0.4 is 15.4 Å². The van der Waals surface area contributed by atoms with E-state index in [2.05, 4.69) is 15.4 Å². The first kappa shape index (κ1) is 33.8. The van der Waals surface area contributed by atoms with Gasteiger partial charge in [-0.15, -0.1) is 13.2 Å². The standard InChI is InChI=1S/C31H32F4N2O7/c1-2-3-16-42-29(40)26(22-14-15-23(32)25(18-22)44-31(33,34)35)37-28(39)27(38)24(17-20-10-6-4-7-11-20)36-30(41)43-19-21-12-8-5-9-13-21/h4-15,18,24,26-27,38H,2-3,16-17,19H2,1H3,(H,36,41)(H,37,39)/t24-,26+,27+/m1/s1. The van der Waals surface area contributed by atoms with Crippen molar-refractivity contribution in [2.75, 3.05) is 6.61 Å². The molecule has 0 aromatic heterocycles. The van der Waals surface area contributed by atoms with Crippen LogP contribution in [-0.2, 0) is 32.1 Å². The Kier molecular flexibility index (Phi) is 12.5. The van der Waals surface area contributed by atoms with Crippen molar-refractivity contribution in [1.82, 2.24) is 10.6 Å². The topological polar surface area (TPSA) is 123 Å². The van der Waals surface area contributed by atoms with Crippen molar-refractivity contribution in [2.24, 2.45) is 0 Å². The molecule has 0 fully saturated rings. The van der Waals surface area contributed by atoms with E-state index in [0.717, 1.165) is 6.07 Å². The van der Waals surface area contributed by atoms with E-state index < -0.39 is 54.1 Å². The summed E-state index contributed by atoms with van der Waals surface area (Å²) in [7, 11) is 0. The summed E-state index contributed by atoms with van der Waals surface area (Å²) in [6.07, 6.45) is -7.09. The molecular weight excluding hydrogens is 588 g/mol. The Balaban J connectivity index is 1.83. The molecule has 2 amide bonds. The molecule has 0 saturated heterocycles. The number of amides is 2. The second-order valence-corrected chi connectivity index (χ2v) is 9.65. The van der Waals surface area contributed by atoms with Gasteiger partial charge in [-0.2, -0.15) is 0 Å². The van der Waals surface area contributed by atoms with Crippen LogP contribution in [0.2, 0.25) is 0 Å². The first-order valence-corrected chi connectivity index (χ1v) is 13.7. The quantitative estimate of drug-likeness (QED) is 0.130. The van der Waals surface area contributed by atoms with Crippen LogP contribution in [0.1, 0.15) is 42.5 Å². The molecule has 3 aromatic rings. The normalized spacial score (nSPS) is 13.2. The van der Waals surface area contributed by atoms with Gasteiger partial charge in [0.05, 0.1) is 12.6 Å². The molecule has 0 aliphatic heterocycles. The van der Waals surface area contributed by atoms with E-state index in [1.165, 1.54) is 0 Å². The lowest BCUT2D eigenvalue weighted by atomic mass is 9.99. The fourth-order valence-electron chi connectivity index (χ4n) is 4.02. The molecule has 0 radical (unpaired) electrons. The first-order valence-electron chi connectivity index (χ1n) is 13.7. The summed E-state index contributed by atoms with van der Waals surface area (Å²) in [5, 5.41) is 15.8. The van der Waals surface area contributed by atoms with Crippen molar-refractivity contribution < 1.29 is 51.3 Å². The second kappa shape index (κ2) is 16.3. The number of ether oxygens (including phenoxy) is 3. The number of carbonyl (C=O) groups is 3. The van der Waals surface area contributed by atoms with Crippen LogP contribution in [0.15, 0.2) is 78.9 Å². The van der Waals surface area contributed by atoms with Crippen molar-refractivity contribution in [3.8, 4) is 5.75 Å². The Morgan fingerprint density at radius 3 is 2.14 bits per heavy atom. The van der Waals surface area contributed by atoms with E-state index >= 15 is 0 Å². The number of hydrogen-bond acceptors (Lipinski definition) is 7. The van der Waals surface area contributed by atoms with Crippen LogP contribution in [0.5, 0.6) is 5.75 Å². The molecule has 236 valence electrons. The van der Waals surface area contributed by atoms with E-state index in [9.17, 15) is 37.1 Å². The zero-order chi connectivity index (χ0) is 32.1. The Hall–Kier alpha value is -4.65. The maximum absolute atomic E-state index is 14.1. The lowest BCUT2D eigenvalue weighted by molar-refractivity contribution is -0.275. The van der Waals surface area contributed by atoms with Gasteiger partial charge < -0.3 is 30.0 Å². The third-order valence-corrected chi connectivity index (χ3v) is 6.24. The van der Waals surface area contributed by atoms with Crippen LogP contribution in [-0.4, -0.2) is 48.2 Å². The number of alkyl carbamates (subject to hydrolysis) is 1. The maximum Gasteiger partial charge on any atom is 0.573 e. The van der Waals surface area contributed by atoms with E-state index in [-0.39, 0.29) is 25.2 Å². The molecule has 3 aromatic carbocycles. The lowest BCUT2D eigenvalue weighted by Gasteiger charge is -2.26. The highest BCUT2D eigenvalue weighted by Gasteiger charge is 2.35. The molecule has 0 unspecified atom stereocenters. The van der Waals surface area contributed by atoms with Crippen molar-refractivity contribution in [3.63, 3.8) is 0 Å². The smallest absolute Gasteiger partial charge is 0.464 e. The van der Waals surface area contributed by atoms with Gasteiger partial charge >= 0.3 is 18.4 Å². The molecule has 13 heteroatoms. The molecule has 0 heterocycles. The second-order valence-electron chi connectivity index (χ2n) is 9.65. The summed E-state index contributed by atoms with van der Waals surface area (Å²) in [6.45, 7) is 1.67. The number of esters is 1. The summed E-state index contributed by atoms with van der Waals surface area (Å²) in [5.41, 5.74) is 1.02. The molecule has 0 aliphatic rings. The molecule has 3 rings (SSSR count). The summed E-state index contributed by atoms with van der Waals surface area (Å²) >= 11 is 0. The highest BCUT2D eigenvalue weighted by atomic mass is 19.4. The average Bonchev–Trinajstić information content (AvgIpc) is 2.99. The zero-order valence-electron chi connectivity index (χ0n) is 23.7. The minimum atomic E-state index is -5.23. The van der Waals surface area contributed by atoms with Crippen LogP contribution >= 0.6 is 0 Å². The number of alkyl halides is 3. The number of nitrogens with one attached hydrogen (secondary N) is 2. The van der Waals surface area contributed by atoms with Gasteiger partial charge in [0.2, 0.25) is 0 Å². The van der Waals surface area contributed by atoms with Crippen molar-refractivity contribution in [2.45, 2.75) is 57.3 Å². The van der Waals surface area contributed by atoms with Gasteiger partial charge in [-0.1, -0.05) is 80.1 Å². The minimum absolute atomic E-state index is 0.0401. The number of benzene rings is 3. The van der Waals surface area contributed by atoms with Gasteiger partial charge in [-0.05, 0) is 41.7 Å². The monoisotopic (exact) mass is 620 g/mol. The SMILES string of the molecule is CCCCOC(=O)[C@@H](NC(=O)[C@@H](O)[C@@H](Cc1ccccc1)NC(=O)OCc1ccccc1)c1ccc(F)c(OC(F)(F)F)c1. The summed E-state index contributed by atoms with van der Waals surface area (Å²) in [6, 6.07) is 16.5. The molecule has 0 spiro atoms. The van der Waals surface area contributed by atoms with Crippen molar-refractivity contribution in [3.05, 3.63) is 101 Å². The van der Waals surface area contributed by atoms with Gasteiger partial charge in [-0.3, -0.25) is 4.79 Å². The molecule has 0 saturated carbocycles. The molecule has 0 aliphatic carbocycles. The largest absolute Gasteiger partial charge is 0.573 e. The Morgan fingerprint density at radius 2 is 1.52 bits per heavy atom. The van der Waals surface area contributed by atoms with Crippen LogP contribution in [0, 0.1) is 5.82 Å². The molecule has 9 nitrogen and oxygen atoms in total. The zero-order valence-corrected chi connectivity index (χ0v) is 23.7. The van der Waals surface area contributed by atoms with Crippen LogP contribution in [0.4, 0.5) is 22.4 Å².